The molecule has 118 valence electrons. The van der Waals surface area contributed by atoms with Crippen molar-refractivity contribution < 1.29 is 19.5 Å². The molecular formula is C16H20N2O4. The van der Waals surface area contributed by atoms with Gasteiger partial charge in [-0.15, -0.1) is 0 Å². The number of carbonyl (C=O) groups is 2. The smallest absolute Gasteiger partial charge is 0.274 e. The summed E-state index contributed by atoms with van der Waals surface area (Å²) >= 11 is 0. The minimum absolute atomic E-state index is 0.105. The lowest BCUT2D eigenvalue weighted by atomic mass is 10.1. The molecular weight excluding hydrogens is 284 g/mol. The zero-order chi connectivity index (χ0) is 15.9. The second-order valence-corrected chi connectivity index (χ2v) is 6.62. The highest BCUT2D eigenvalue weighted by atomic mass is 16.5. The van der Waals surface area contributed by atoms with Crippen LogP contribution in [0.4, 0.5) is 0 Å². The van der Waals surface area contributed by atoms with Crippen LogP contribution in [0.15, 0.2) is 18.2 Å². The fourth-order valence-electron chi connectivity index (χ4n) is 2.87. The van der Waals surface area contributed by atoms with E-state index in [-0.39, 0.29) is 17.2 Å². The summed E-state index contributed by atoms with van der Waals surface area (Å²) in [6.45, 7) is 5.65. The highest BCUT2D eigenvalue weighted by molar-refractivity contribution is 5.93. The SMILES string of the molecule is CC1(C)CC1C(=O)N1CCOc2cc(C(=O)NO)ccc2C1. The predicted octanol–water partition coefficient (Wildman–Crippen LogP) is 1.57. The molecule has 1 saturated carbocycles. The number of nitrogens with zero attached hydrogens (tertiary/aromatic N) is 1. The number of benzene rings is 1. The molecule has 1 unspecified atom stereocenters. The monoisotopic (exact) mass is 304 g/mol. The summed E-state index contributed by atoms with van der Waals surface area (Å²) in [6, 6.07) is 4.97. The van der Waals surface area contributed by atoms with Gasteiger partial charge in [0.25, 0.3) is 5.91 Å². The van der Waals surface area contributed by atoms with Crippen LogP contribution in [0.1, 0.15) is 36.2 Å². The first-order valence-corrected chi connectivity index (χ1v) is 7.41. The average molecular weight is 304 g/mol. The molecule has 1 aromatic carbocycles. The Bertz CT molecular complexity index is 627. The summed E-state index contributed by atoms with van der Waals surface area (Å²) in [7, 11) is 0. The first kappa shape index (κ1) is 14.8. The quantitative estimate of drug-likeness (QED) is 0.642. The van der Waals surface area contributed by atoms with E-state index < -0.39 is 5.91 Å². The third-order valence-electron chi connectivity index (χ3n) is 4.53. The Hall–Kier alpha value is -2.08. The van der Waals surface area contributed by atoms with Gasteiger partial charge in [0.2, 0.25) is 5.91 Å². The van der Waals surface area contributed by atoms with Gasteiger partial charge >= 0.3 is 0 Å². The molecule has 0 aromatic heterocycles. The highest BCUT2D eigenvalue weighted by Gasteiger charge is 2.52. The van der Waals surface area contributed by atoms with Crippen molar-refractivity contribution in [2.24, 2.45) is 11.3 Å². The van der Waals surface area contributed by atoms with Crippen LogP contribution < -0.4 is 10.2 Å². The van der Waals surface area contributed by atoms with Crippen molar-refractivity contribution in [2.45, 2.75) is 26.8 Å². The van der Waals surface area contributed by atoms with Crippen LogP contribution in [0.5, 0.6) is 5.75 Å². The molecule has 1 atom stereocenters. The number of hydroxylamine groups is 1. The molecule has 2 aliphatic rings. The van der Waals surface area contributed by atoms with Crippen LogP contribution in [0.3, 0.4) is 0 Å². The van der Waals surface area contributed by atoms with Crippen LogP contribution in [-0.4, -0.2) is 35.1 Å². The normalized spacial score (nSPS) is 22.1. The summed E-state index contributed by atoms with van der Waals surface area (Å²) in [5.41, 5.74) is 2.91. The molecule has 0 saturated heterocycles. The number of amides is 2. The van der Waals surface area contributed by atoms with Crippen molar-refractivity contribution in [3.05, 3.63) is 29.3 Å². The van der Waals surface area contributed by atoms with Crippen LogP contribution in [0.25, 0.3) is 0 Å². The summed E-state index contributed by atoms with van der Waals surface area (Å²) in [4.78, 5) is 25.8. The predicted molar refractivity (Wildman–Crippen MR) is 78.5 cm³/mol. The molecule has 0 spiro atoms. The first-order chi connectivity index (χ1) is 10.4. The first-order valence-electron chi connectivity index (χ1n) is 7.41. The van der Waals surface area contributed by atoms with Gasteiger partial charge in [-0.2, -0.15) is 0 Å². The maximum absolute atomic E-state index is 12.5. The number of nitrogens with one attached hydrogen (secondary N) is 1. The Balaban J connectivity index is 1.79. The summed E-state index contributed by atoms with van der Waals surface area (Å²) in [5.74, 6) is 0.293. The second kappa shape index (κ2) is 5.28. The van der Waals surface area contributed by atoms with Crippen LogP contribution in [0.2, 0.25) is 0 Å². The number of carbonyl (C=O) groups excluding carboxylic acids is 2. The van der Waals surface area contributed by atoms with E-state index >= 15 is 0 Å². The number of hydrogen-bond acceptors (Lipinski definition) is 4. The number of fused-ring (bicyclic) bond motifs is 1. The molecule has 6 heteroatoms. The zero-order valence-corrected chi connectivity index (χ0v) is 12.8. The van der Waals surface area contributed by atoms with Crippen LogP contribution in [0, 0.1) is 11.3 Å². The summed E-state index contributed by atoms with van der Waals surface area (Å²) in [6.07, 6.45) is 0.936. The third kappa shape index (κ3) is 2.66. The lowest BCUT2D eigenvalue weighted by molar-refractivity contribution is -0.134. The minimum Gasteiger partial charge on any atom is -0.491 e. The van der Waals surface area contributed by atoms with E-state index in [4.69, 9.17) is 9.94 Å². The summed E-state index contributed by atoms with van der Waals surface area (Å²) in [5, 5.41) is 8.69. The molecule has 1 fully saturated rings. The minimum atomic E-state index is -0.580. The van der Waals surface area contributed by atoms with Gasteiger partial charge < -0.3 is 9.64 Å². The molecule has 6 nitrogen and oxygen atoms in total. The maximum Gasteiger partial charge on any atom is 0.274 e. The molecule has 2 N–H and O–H groups in total. The Morgan fingerprint density at radius 3 is 2.77 bits per heavy atom. The van der Waals surface area contributed by atoms with Crippen molar-refractivity contribution in [3.63, 3.8) is 0 Å². The second-order valence-electron chi connectivity index (χ2n) is 6.62. The topological polar surface area (TPSA) is 78.9 Å². The van der Waals surface area contributed by atoms with E-state index in [1.165, 1.54) is 0 Å². The van der Waals surface area contributed by atoms with E-state index in [1.807, 2.05) is 4.90 Å². The molecule has 2 amide bonds. The Morgan fingerprint density at radius 2 is 2.14 bits per heavy atom. The van der Waals surface area contributed by atoms with Gasteiger partial charge in [-0.05, 0) is 24.0 Å². The van der Waals surface area contributed by atoms with Crippen molar-refractivity contribution in [2.75, 3.05) is 13.2 Å². The Morgan fingerprint density at radius 1 is 1.41 bits per heavy atom. The molecule has 22 heavy (non-hydrogen) atoms. The van der Waals surface area contributed by atoms with E-state index in [2.05, 4.69) is 13.8 Å². The van der Waals surface area contributed by atoms with Crippen LogP contribution >= 0.6 is 0 Å². The molecule has 0 bridgehead atoms. The van der Waals surface area contributed by atoms with E-state index in [1.54, 1.807) is 23.7 Å². The number of rotatable bonds is 2. The molecule has 1 aliphatic heterocycles. The molecule has 1 aromatic rings. The standard InChI is InChI=1S/C16H20N2O4/c1-16(2)8-12(16)15(20)18-5-6-22-13-7-10(14(19)17-21)3-4-11(13)9-18/h3-4,7,12,21H,5-6,8-9H2,1-2H3,(H,17,19). The fourth-order valence-corrected chi connectivity index (χ4v) is 2.87. The molecule has 1 heterocycles. The Labute approximate surface area is 129 Å². The maximum atomic E-state index is 12.5. The Kier molecular flexibility index (Phi) is 3.56. The lowest BCUT2D eigenvalue weighted by Crippen LogP contribution is -2.34. The molecule has 1 aliphatic carbocycles. The number of hydrogen-bond donors (Lipinski definition) is 2. The van der Waals surface area contributed by atoms with Crippen molar-refractivity contribution >= 4 is 11.8 Å². The van der Waals surface area contributed by atoms with E-state index in [0.717, 1.165) is 12.0 Å². The largest absolute Gasteiger partial charge is 0.491 e. The molecule has 3 rings (SSSR count). The van der Waals surface area contributed by atoms with Crippen molar-refractivity contribution in [1.82, 2.24) is 10.4 Å². The van der Waals surface area contributed by atoms with Gasteiger partial charge in [-0.1, -0.05) is 19.9 Å². The average Bonchev–Trinajstić information content (AvgIpc) is 3.19. The van der Waals surface area contributed by atoms with Crippen LogP contribution in [-0.2, 0) is 11.3 Å². The van der Waals surface area contributed by atoms with E-state index in [9.17, 15) is 9.59 Å². The highest BCUT2D eigenvalue weighted by Crippen LogP contribution is 2.52. The lowest BCUT2D eigenvalue weighted by Gasteiger charge is -2.20. The van der Waals surface area contributed by atoms with Gasteiger partial charge in [0.15, 0.2) is 0 Å². The molecule has 0 radical (unpaired) electrons. The van der Waals surface area contributed by atoms with Gasteiger partial charge in [0.1, 0.15) is 12.4 Å². The van der Waals surface area contributed by atoms with Crippen molar-refractivity contribution in [1.29, 1.82) is 0 Å². The van der Waals surface area contributed by atoms with E-state index in [0.29, 0.717) is 31.0 Å². The fraction of sp³-hybridized carbons (Fsp3) is 0.500. The van der Waals surface area contributed by atoms with Gasteiger partial charge in [-0.25, -0.2) is 5.48 Å². The van der Waals surface area contributed by atoms with Gasteiger partial charge in [0.05, 0.1) is 6.54 Å². The third-order valence-corrected chi connectivity index (χ3v) is 4.53. The zero-order valence-electron chi connectivity index (χ0n) is 12.8. The van der Waals surface area contributed by atoms with Crippen molar-refractivity contribution in [3.8, 4) is 5.75 Å². The van der Waals surface area contributed by atoms with Gasteiger partial charge in [0, 0.05) is 23.6 Å². The number of ether oxygens (including phenoxy) is 1. The summed E-state index contributed by atoms with van der Waals surface area (Å²) < 4.78 is 5.66. The van der Waals surface area contributed by atoms with Gasteiger partial charge in [-0.3, -0.25) is 14.8 Å².